The molecular weight excluding hydrogens is 448 g/mol. The van der Waals surface area contributed by atoms with Crippen molar-refractivity contribution < 1.29 is 9.90 Å². The minimum absolute atomic E-state index is 0.0121. The van der Waals surface area contributed by atoms with Crippen molar-refractivity contribution in [2.45, 2.75) is 6.92 Å². The van der Waals surface area contributed by atoms with E-state index < -0.39 is 5.91 Å². The Morgan fingerprint density at radius 1 is 1.17 bits per heavy atom. The summed E-state index contributed by atoms with van der Waals surface area (Å²) in [5.74, 6) is -0.363. The summed E-state index contributed by atoms with van der Waals surface area (Å²) in [7, 11) is 0. The molecule has 0 saturated carbocycles. The number of carbonyl (C=O) groups is 1. The van der Waals surface area contributed by atoms with Crippen molar-refractivity contribution in [3.05, 3.63) is 77.9 Å². The van der Waals surface area contributed by atoms with E-state index in [2.05, 4.69) is 40.8 Å². The van der Waals surface area contributed by atoms with Crippen LogP contribution in [0.2, 0.25) is 0 Å². The second-order valence-electron chi connectivity index (χ2n) is 7.39. The highest BCUT2D eigenvalue weighted by atomic mass is 16.3. The minimum Gasteiger partial charge on any atom is -0.505 e. The van der Waals surface area contributed by atoms with Crippen molar-refractivity contribution in [1.29, 1.82) is 5.26 Å². The predicted molar refractivity (Wildman–Crippen MR) is 125 cm³/mol. The Morgan fingerprint density at radius 3 is 2.71 bits per heavy atom. The number of nitriles is 1. The van der Waals surface area contributed by atoms with Crippen molar-refractivity contribution >= 4 is 34.0 Å². The molecule has 3 aromatic heterocycles. The zero-order valence-corrected chi connectivity index (χ0v) is 18.2. The van der Waals surface area contributed by atoms with Gasteiger partial charge in [-0.05, 0) is 29.8 Å². The van der Waals surface area contributed by atoms with Gasteiger partial charge in [-0.25, -0.2) is 9.97 Å². The molecule has 170 valence electrons. The quantitative estimate of drug-likeness (QED) is 0.329. The third-order valence-corrected chi connectivity index (χ3v) is 5.03. The minimum atomic E-state index is -0.567. The molecule has 5 aromatic rings. The molecule has 35 heavy (non-hydrogen) atoms. The molecule has 0 radical (unpaired) electrons. The fraction of sp³-hybridized carbons (Fsp3) is 0.0435. The average Bonchev–Trinajstić information content (AvgIpc) is 3.48. The fourth-order valence-corrected chi connectivity index (χ4v) is 3.45. The van der Waals surface area contributed by atoms with E-state index in [9.17, 15) is 15.2 Å². The van der Waals surface area contributed by atoms with Gasteiger partial charge in [0.1, 0.15) is 17.3 Å². The lowest BCUT2D eigenvalue weighted by atomic mass is 10.0. The molecule has 2 aromatic carbocycles. The highest BCUT2D eigenvalue weighted by Gasteiger charge is 2.21. The SMILES string of the molecule is Cc1cc(NC(=O)c2c(O)c(N=Nc3c(C#N)cnn3-c3ncccn3)cc3ccccc23)n[nH]1. The van der Waals surface area contributed by atoms with Gasteiger partial charge in [-0.2, -0.15) is 20.1 Å². The molecule has 5 rings (SSSR count). The number of hydrogen-bond donors (Lipinski definition) is 3. The van der Waals surface area contributed by atoms with Crippen LogP contribution in [0.25, 0.3) is 16.7 Å². The summed E-state index contributed by atoms with van der Waals surface area (Å²) in [4.78, 5) is 21.3. The van der Waals surface area contributed by atoms with Gasteiger partial charge in [0, 0.05) is 24.2 Å². The summed E-state index contributed by atoms with van der Waals surface area (Å²) in [6.07, 6.45) is 4.37. The number of azo groups is 1. The second kappa shape index (κ2) is 8.83. The van der Waals surface area contributed by atoms with Crippen molar-refractivity contribution in [2.75, 3.05) is 5.32 Å². The average molecular weight is 464 g/mol. The number of carbonyl (C=O) groups excluding carboxylic acids is 1. The van der Waals surface area contributed by atoms with Gasteiger partial charge in [0.2, 0.25) is 0 Å². The highest BCUT2D eigenvalue weighted by Crippen LogP contribution is 2.38. The van der Waals surface area contributed by atoms with Crippen LogP contribution in [0.4, 0.5) is 17.3 Å². The van der Waals surface area contributed by atoms with Crippen LogP contribution in [0.5, 0.6) is 5.75 Å². The number of hydrogen-bond acceptors (Lipinski definition) is 9. The van der Waals surface area contributed by atoms with E-state index in [0.29, 0.717) is 16.6 Å². The van der Waals surface area contributed by atoms with Gasteiger partial charge in [-0.15, -0.1) is 10.2 Å². The number of aromatic amines is 1. The largest absolute Gasteiger partial charge is 0.505 e. The Bertz CT molecular complexity index is 1630. The summed E-state index contributed by atoms with van der Waals surface area (Å²) < 4.78 is 1.26. The summed E-state index contributed by atoms with van der Waals surface area (Å²) in [6, 6.07) is 14.0. The number of benzene rings is 2. The van der Waals surface area contributed by atoms with E-state index in [1.807, 2.05) is 6.07 Å². The number of amides is 1. The van der Waals surface area contributed by atoms with Gasteiger partial charge in [0.15, 0.2) is 17.4 Å². The molecular formula is C23H16N10O2. The van der Waals surface area contributed by atoms with Crippen LogP contribution in [0.1, 0.15) is 21.6 Å². The lowest BCUT2D eigenvalue weighted by Crippen LogP contribution is -2.13. The number of phenolic OH excluding ortho intramolecular Hbond substituents is 1. The molecule has 3 N–H and O–H groups in total. The van der Waals surface area contributed by atoms with Crippen molar-refractivity contribution in [3.63, 3.8) is 0 Å². The molecule has 12 heteroatoms. The lowest BCUT2D eigenvalue weighted by Gasteiger charge is -2.11. The number of aromatic hydroxyl groups is 1. The zero-order chi connectivity index (χ0) is 24.4. The maximum Gasteiger partial charge on any atom is 0.261 e. The number of rotatable bonds is 5. The summed E-state index contributed by atoms with van der Waals surface area (Å²) in [5.41, 5.74) is 0.938. The first-order valence-corrected chi connectivity index (χ1v) is 10.3. The molecule has 0 unspecified atom stereocenters. The smallest absolute Gasteiger partial charge is 0.261 e. The van der Waals surface area contributed by atoms with E-state index in [1.165, 1.54) is 23.3 Å². The van der Waals surface area contributed by atoms with Crippen molar-refractivity contribution in [1.82, 2.24) is 29.9 Å². The first kappa shape index (κ1) is 21.4. The van der Waals surface area contributed by atoms with Gasteiger partial charge in [0.05, 0.1) is 11.8 Å². The molecule has 0 fully saturated rings. The Morgan fingerprint density at radius 2 is 1.97 bits per heavy atom. The van der Waals surface area contributed by atoms with E-state index >= 15 is 0 Å². The number of aryl methyl sites for hydroxylation is 1. The van der Waals surface area contributed by atoms with Crippen molar-refractivity contribution in [3.8, 4) is 17.8 Å². The number of phenols is 1. The van der Waals surface area contributed by atoms with Crippen LogP contribution in [0.15, 0.2) is 71.3 Å². The fourth-order valence-electron chi connectivity index (χ4n) is 3.45. The maximum atomic E-state index is 13.1. The van der Waals surface area contributed by atoms with Crippen LogP contribution < -0.4 is 5.32 Å². The van der Waals surface area contributed by atoms with Crippen LogP contribution >= 0.6 is 0 Å². The van der Waals surface area contributed by atoms with Gasteiger partial charge in [-0.3, -0.25) is 9.89 Å². The first-order chi connectivity index (χ1) is 17.0. The van der Waals surface area contributed by atoms with E-state index in [-0.39, 0.29) is 34.3 Å². The second-order valence-corrected chi connectivity index (χ2v) is 7.39. The highest BCUT2D eigenvalue weighted by molar-refractivity contribution is 6.16. The Kier molecular flexibility index (Phi) is 5.40. The van der Waals surface area contributed by atoms with Crippen LogP contribution in [-0.2, 0) is 0 Å². The Hall–Kier alpha value is -5.44. The van der Waals surface area contributed by atoms with Gasteiger partial charge < -0.3 is 10.4 Å². The molecule has 0 atom stereocenters. The number of fused-ring (bicyclic) bond motifs is 1. The normalized spacial score (nSPS) is 11.1. The molecule has 0 aliphatic carbocycles. The van der Waals surface area contributed by atoms with Crippen LogP contribution in [0, 0.1) is 18.3 Å². The first-order valence-electron chi connectivity index (χ1n) is 10.3. The van der Waals surface area contributed by atoms with Crippen molar-refractivity contribution in [2.24, 2.45) is 10.2 Å². The molecule has 3 heterocycles. The molecule has 0 aliphatic rings. The third-order valence-electron chi connectivity index (χ3n) is 5.03. The van der Waals surface area contributed by atoms with Gasteiger partial charge in [0.25, 0.3) is 11.9 Å². The van der Waals surface area contributed by atoms with E-state index in [0.717, 1.165) is 5.69 Å². The molecule has 12 nitrogen and oxygen atoms in total. The maximum absolute atomic E-state index is 13.1. The monoisotopic (exact) mass is 464 g/mol. The molecule has 0 saturated heterocycles. The summed E-state index contributed by atoms with van der Waals surface area (Å²) in [5, 5.41) is 43.5. The standard InChI is InChI=1S/C23H16N10O2/c1-13-9-18(31-29-13)28-22(35)19-16-6-3-2-5-14(16)10-17(20(19)34)30-32-21-15(11-24)12-27-33(21)23-25-7-4-8-26-23/h2-10,12,34H,1H3,(H2,28,29,31,35). The number of anilines is 1. The Balaban J connectivity index is 1.60. The topological polar surface area (TPSA) is 170 Å². The molecule has 0 bridgehead atoms. The number of nitrogens with one attached hydrogen (secondary N) is 2. The Labute approximate surface area is 197 Å². The summed E-state index contributed by atoms with van der Waals surface area (Å²) >= 11 is 0. The number of aromatic nitrogens is 6. The van der Waals surface area contributed by atoms with Gasteiger partial charge >= 0.3 is 0 Å². The van der Waals surface area contributed by atoms with Gasteiger partial charge in [-0.1, -0.05) is 24.3 Å². The zero-order valence-electron chi connectivity index (χ0n) is 18.2. The third kappa shape index (κ3) is 4.05. The molecule has 0 spiro atoms. The molecule has 1 amide bonds. The van der Waals surface area contributed by atoms with E-state index in [4.69, 9.17) is 0 Å². The van der Waals surface area contributed by atoms with Crippen LogP contribution in [0.3, 0.4) is 0 Å². The lowest BCUT2D eigenvalue weighted by molar-refractivity contribution is 0.102. The molecule has 0 aliphatic heterocycles. The predicted octanol–water partition coefficient (Wildman–Crippen LogP) is 4.09. The number of nitrogens with zero attached hydrogens (tertiary/aromatic N) is 8. The van der Waals surface area contributed by atoms with Crippen LogP contribution in [-0.4, -0.2) is 41.0 Å². The summed E-state index contributed by atoms with van der Waals surface area (Å²) in [6.45, 7) is 1.80. The van der Waals surface area contributed by atoms with E-state index in [1.54, 1.807) is 49.4 Å². The number of H-pyrrole nitrogens is 1.